The predicted octanol–water partition coefficient (Wildman–Crippen LogP) is 4.21. The molecule has 0 rings (SSSR count). The number of carboxylic acid groups (broad SMARTS) is 1. The standard InChI is InChI=1S/C14H28O3Si/c1-7-8-9-12(10-11-13(15)16)17-18(5,6)14(2,3)4/h10-12H,7-9H2,1-6H3,(H,15,16)/b11-10+/t12-/m1/s1. The molecule has 3 nitrogen and oxygen atoms in total. The van der Waals surface area contributed by atoms with Crippen LogP contribution in [0.25, 0.3) is 0 Å². The highest BCUT2D eigenvalue weighted by Gasteiger charge is 2.38. The van der Waals surface area contributed by atoms with Crippen molar-refractivity contribution in [2.24, 2.45) is 0 Å². The van der Waals surface area contributed by atoms with Crippen LogP contribution in [0.3, 0.4) is 0 Å². The molecule has 0 saturated carbocycles. The zero-order valence-electron chi connectivity index (χ0n) is 12.6. The molecule has 106 valence electrons. The maximum absolute atomic E-state index is 10.6. The summed E-state index contributed by atoms with van der Waals surface area (Å²) in [4.78, 5) is 10.6. The molecule has 1 N–H and O–H groups in total. The smallest absolute Gasteiger partial charge is 0.328 e. The van der Waals surface area contributed by atoms with Gasteiger partial charge >= 0.3 is 5.97 Å². The quantitative estimate of drug-likeness (QED) is 0.558. The predicted molar refractivity (Wildman–Crippen MR) is 78.4 cm³/mol. The molecule has 0 saturated heterocycles. The summed E-state index contributed by atoms with van der Waals surface area (Å²) in [6.45, 7) is 13.1. The second-order valence-corrected chi connectivity index (χ2v) is 11.0. The lowest BCUT2D eigenvalue weighted by molar-refractivity contribution is -0.131. The molecule has 0 aliphatic rings. The molecule has 0 radical (unpaired) electrons. The molecule has 0 aromatic carbocycles. The Morgan fingerprint density at radius 2 is 1.94 bits per heavy atom. The van der Waals surface area contributed by atoms with Crippen molar-refractivity contribution < 1.29 is 14.3 Å². The van der Waals surface area contributed by atoms with Gasteiger partial charge in [0.15, 0.2) is 8.32 Å². The van der Waals surface area contributed by atoms with Gasteiger partial charge in [-0.3, -0.25) is 0 Å². The number of aliphatic carboxylic acids is 1. The van der Waals surface area contributed by atoms with Crippen LogP contribution in [0.15, 0.2) is 12.2 Å². The fourth-order valence-corrected chi connectivity index (χ4v) is 2.65. The third-order valence-corrected chi connectivity index (χ3v) is 8.05. The highest BCUT2D eigenvalue weighted by atomic mass is 28.4. The second-order valence-electron chi connectivity index (χ2n) is 6.26. The third kappa shape index (κ3) is 6.35. The van der Waals surface area contributed by atoms with Gasteiger partial charge in [0.05, 0.1) is 6.10 Å². The van der Waals surface area contributed by atoms with Gasteiger partial charge in [0.2, 0.25) is 0 Å². The van der Waals surface area contributed by atoms with E-state index < -0.39 is 14.3 Å². The normalized spacial score (nSPS) is 15.0. The van der Waals surface area contributed by atoms with Crippen molar-refractivity contribution in [1.82, 2.24) is 0 Å². The molecule has 0 fully saturated rings. The first kappa shape index (κ1) is 17.4. The van der Waals surface area contributed by atoms with E-state index in [2.05, 4.69) is 40.8 Å². The molecule has 18 heavy (non-hydrogen) atoms. The molecule has 1 atom stereocenters. The van der Waals surface area contributed by atoms with Crippen LogP contribution in [0.2, 0.25) is 18.1 Å². The van der Waals surface area contributed by atoms with Gasteiger partial charge in [-0.2, -0.15) is 0 Å². The van der Waals surface area contributed by atoms with Crippen LogP contribution in [-0.2, 0) is 9.22 Å². The zero-order valence-corrected chi connectivity index (χ0v) is 13.6. The number of hydrogen-bond donors (Lipinski definition) is 1. The summed E-state index contributed by atoms with van der Waals surface area (Å²) in [5.74, 6) is -0.907. The van der Waals surface area contributed by atoms with Gasteiger partial charge in [-0.15, -0.1) is 0 Å². The summed E-state index contributed by atoms with van der Waals surface area (Å²) in [7, 11) is -1.83. The Balaban J connectivity index is 4.72. The number of hydrogen-bond acceptors (Lipinski definition) is 2. The minimum atomic E-state index is -1.83. The molecule has 0 unspecified atom stereocenters. The van der Waals surface area contributed by atoms with E-state index in [0.29, 0.717) is 0 Å². The number of rotatable bonds is 7. The molecular formula is C14H28O3Si. The van der Waals surface area contributed by atoms with Crippen molar-refractivity contribution >= 4 is 14.3 Å². The minimum absolute atomic E-state index is 0.0676. The molecule has 0 aromatic heterocycles. The average Bonchev–Trinajstić information content (AvgIpc) is 2.20. The Bertz CT molecular complexity index is 290. The molecule has 0 bridgehead atoms. The highest BCUT2D eigenvalue weighted by Crippen LogP contribution is 2.37. The maximum atomic E-state index is 10.6. The van der Waals surface area contributed by atoms with E-state index in [1.165, 1.54) is 6.08 Å². The zero-order chi connectivity index (χ0) is 14.4. The Kier molecular flexibility index (Phi) is 6.85. The van der Waals surface area contributed by atoms with E-state index in [1.807, 2.05) is 0 Å². The summed E-state index contributed by atoms with van der Waals surface area (Å²) in [5, 5.41) is 8.86. The summed E-state index contributed by atoms with van der Waals surface area (Å²) in [5.41, 5.74) is 0. The van der Waals surface area contributed by atoms with Crippen molar-refractivity contribution in [3.05, 3.63) is 12.2 Å². The minimum Gasteiger partial charge on any atom is -0.478 e. The monoisotopic (exact) mass is 272 g/mol. The van der Waals surface area contributed by atoms with Gasteiger partial charge in [0.25, 0.3) is 0 Å². The number of unbranched alkanes of at least 4 members (excludes halogenated alkanes) is 1. The van der Waals surface area contributed by atoms with Gasteiger partial charge < -0.3 is 9.53 Å². The molecular weight excluding hydrogens is 244 g/mol. The van der Waals surface area contributed by atoms with Crippen molar-refractivity contribution in [3.63, 3.8) is 0 Å². The first-order valence-corrected chi connectivity index (χ1v) is 9.60. The van der Waals surface area contributed by atoms with Crippen LogP contribution >= 0.6 is 0 Å². The number of carboxylic acids is 1. The summed E-state index contributed by atoms with van der Waals surface area (Å²) in [6.07, 6.45) is 5.88. The molecule has 0 spiro atoms. The van der Waals surface area contributed by atoms with E-state index in [1.54, 1.807) is 6.08 Å². The van der Waals surface area contributed by atoms with Crippen LogP contribution in [0.4, 0.5) is 0 Å². The molecule has 0 aromatic rings. The topological polar surface area (TPSA) is 46.5 Å². The van der Waals surface area contributed by atoms with Gasteiger partial charge in [-0.1, -0.05) is 40.5 Å². The molecule has 0 heterocycles. The molecule has 0 aliphatic carbocycles. The van der Waals surface area contributed by atoms with Crippen LogP contribution in [0.1, 0.15) is 47.0 Å². The van der Waals surface area contributed by atoms with E-state index in [4.69, 9.17) is 9.53 Å². The largest absolute Gasteiger partial charge is 0.478 e. The summed E-state index contributed by atoms with van der Waals surface area (Å²) >= 11 is 0. The summed E-state index contributed by atoms with van der Waals surface area (Å²) < 4.78 is 6.24. The summed E-state index contributed by atoms with van der Waals surface area (Å²) in [6, 6.07) is 0. The van der Waals surface area contributed by atoms with Crippen LogP contribution in [0, 0.1) is 0 Å². The molecule has 0 aliphatic heterocycles. The Morgan fingerprint density at radius 3 is 2.33 bits per heavy atom. The van der Waals surface area contributed by atoms with Crippen molar-refractivity contribution in [2.75, 3.05) is 0 Å². The Morgan fingerprint density at radius 1 is 1.39 bits per heavy atom. The Hall–Kier alpha value is -0.613. The van der Waals surface area contributed by atoms with Crippen LogP contribution < -0.4 is 0 Å². The van der Waals surface area contributed by atoms with Gasteiger partial charge in [-0.05, 0) is 30.6 Å². The van der Waals surface area contributed by atoms with Gasteiger partial charge in [0, 0.05) is 6.08 Å². The van der Waals surface area contributed by atoms with Crippen molar-refractivity contribution in [1.29, 1.82) is 0 Å². The lowest BCUT2D eigenvalue weighted by Crippen LogP contribution is -2.43. The molecule has 0 amide bonds. The molecule has 4 heteroatoms. The van der Waals surface area contributed by atoms with Crippen LogP contribution in [-0.4, -0.2) is 25.5 Å². The fourth-order valence-electron chi connectivity index (χ4n) is 1.34. The van der Waals surface area contributed by atoms with Crippen molar-refractivity contribution in [3.8, 4) is 0 Å². The number of carbonyl (C=O) groups is 1. The van der Waals surface area contributed by atoms with Gasteiger partial charge in [0.1, 0.15) is 0 Å². The maximum Gasteiger partial charge on any atom is 0.328 e. The first-order chi connectivity index (χ1) is 8.10. The Labute approximate surface area is 112 Å². The van der Waals surface area contributed by atoms with E-state index in [-0.39, 0.29) is 11.1 Å². The highest BCUT2D eigenvalue weighted by molar-refractivity contribution is 6.74. The van der Waals surface area contributed by atoms with E-state index in [0.717, 1.165) is 19.3 Å². The van der Waals surface area contributed by atoms with Crippen molar-refractivity contribution in [2.45, 2.75) is 71.2 Å². The fraction of sp³-hybridized carbons (Fsp3) is 0.786. The SMILES string of the molecule is CCCC[C@H](/C=C/C(=O)O)O[Si](C)(C)C(C)(C)C. The second kappa shape index (κ2) is 7.09. The average molecular weight is 272 g/mol. The van der Waals surface area contributed by atoms with E-state index >= 15 is 0 Å². The third-order valence-electron chi connectivity index (χ3n) is 3.55. The van der Waals surface area contributed by atoms with Crippen LogP contribution in [0.5, 0.6) is 0 Å². The lowest BCUT2D eigenvalue weighted by atomic mass is 10.1. The first-order valence-electron chi connectivity index (χ1n) is 6.69. The van der Waals surface area contributed by atoms with E-state index in [9.17, 15) is 4.79 Å². The van der Waals surface area contributed by atoms with Gasteiger partial charge in [-0.25, -0.2) is 4.79 Å². The lowest BCUT2D eigenvalue weighted by Gasteiger charge is -2.38.